The number of carbonyl (C=O) groups is 12. The van der Waals surface area contributed by atoms with Gasteiger partial charge in [-0.15, -0.1) is 0 Å². The Morgan fingerprint density at radius 1 is 0.625 bits per heavy atom. The number of hydrogen-bond acceptors (Lipinski definition) is 21. The first-order valence-corrected chi connectivity index (χ1v) is 31.7. The summed E-state index contributed by atoms with van der Waals surface area (Å²) in [5.41, 5.74) is 27.7. The lowest BCUT2D eigenvalue weighted by Crippen LogP contribution is -2.64. The van der Waals surface area contributed by atoms with Crippen molar-refractivity contribution in [2.45, 2.75) is 207 Å². The van der Waals surface area contributed by atoms with Gasteiger partial charge in [-0.3, -0.25) is 63.0 Å². The standard InChI is InChI=1S/C62H109N17O17/c1-16-31(4)43(55(92)77-44(32(5)81)54(91)70-28-41(82)75-45(46(83)49(66)86)56(93)74-37(29-80)58(95)96)76-51(88)34(20-19-23-69-59(67)68)71-52(89)35(24-30(2)3)72-53(90)42(65)48(85)62(12,13)47(84)40(27-63)79(39-22-18-17-21-38(39)78(14)15)57(94)36(26-61(9,10)11)73-50(87)33(64)25-60(6,7)8/h17-18,21-22,30-37,40,42-46,48,80-81,83,85H,16,19-20,23-29,63-65H2,1-15H3,(H2,66,86)(H,70,91)(H,71,89)(H,72,90)(H,73,87)(H,74,93)(H,75,82)(H,76,88)(H,77,92)(H,95,96)(H4,67,68,69)/t31-,32-,33+,34+,35-,36-,37-,40-,42-,43-,44-,45-,46-,48-/m0/s1. The Kier molecular flexibility index (Phi) is 34.5. The van der Waals surface area contributed by atoms with Crippen molar-refractivity contribution >= 4 is 88.2 Å². The molecule has 1 aromatic carbocycles. The van der Waals surface area contributed by atoms with E-state index in [0.29, 0.717) is 5.69 Å². The van der Waals surface area contributed by atoms with E-state index in [4.69, 9.17) is 34.1 Å². The number of aliphatic carboxylic acids is 1. The van der Waals surface area contributed by atoms with Crippen molar-refractivity contribution in [1.29, 1.82) is 5.41 Å². The number of carbonyl (C=O) groups excluding carboxylic acids is 11. The fourth-order valence-electron chi connectivity index (χ4n) is 10.0. The molecule has 34 heteroatoms. The molecule has 96 heavy (non-hydrogen) atoms. The summed E-state index contributed by atoms with van der Waals surface area (Å²) in [5.74, 6) is -15.0. The fraction of sp³-hybridized carbons (Fsp3) is 0.694. The molecule has 10 amide bonds. The number of nitrogens with one attached hydrogen (secondary N) is 10. The Morgan fingerprint density at radius 3 is 1.61 bits per heavy atom. The number of rotatable bonds is 40. The van der Waals surface area contributed by atoms with Crippen LogP contribution in [-0.2, 0) is 57.5 Å². The van der Waals surface area contributed by atoms with Crippen molar-refractivity contribution in [1.82, 2.24) is 47.9 Å². The summed E-state index contributed by atoms with van der Waals surface area (Å²) in [6.07, 6.45) is -5.87. The first kappa shape index (κ1) is 85.9. The van der Waals surface area contributed by atoms with Crippen LogP contribution in [0.15, 0.2) is 24.3 Å². The van der Waals surface area contributed by atoms with Crippen LogP contribution in [0.1, 0.15) is 129 Å². The summed E-state index contributed by atoms with van der Waals surface area (Å²) < 4.78 is 0. The second-order valence-corrected chi connectivity index (χ2v) is 27.6. The third-order valence-electron chi connectivity index (χ3n) is 15.6. The SMILES string of the molecule is CC[C@H](C)[C@H](NC(=O)[C@@H](CCCNC(=N)N)NC(=O)[C@H](CC(C)C)NC(=O)[C@@H](N)[C@H](O)C(C)(C)C(=O)[C@H](CN)N(C(=O)[C@H](CC(C)(C)C)NC(=O)[C@H](N)CC(C)(C)C)c1ccccc1N(C)C)C(=O)N[C@H](C(=O)NCC(=O)N[C@H](C(=O)N[C@@H](CO)C(=O)O)[C@H](O)C(N)=O)[C@H](C)O. The molecule has 25 N–H and O–H groups in total. The van der Waals surface area contributed by atoms with Gasteiger partial charge in [0.15, 0.2) is 17.8 Å². The molecular formula is C62H109N17O17. The molecule has 0 aliphatic rings. The Bertz CT molecular complexity index is 2860. The minimum Gasteiger partial charge on any atom is -0.480 e. The van der Waals surface area contributed by atoms with E-state index < -0.39 is 192 Å². The van der Waals surface area contributed by atoms with Crippen LogP contribution >= 0.6 is 0 Å². The number of benzene rings is 1. The molecule has 0 saturated carbocycles. The number of nitrogens with two attached hydrogens (primary N) is 5. The number of guanidine groups is 1. The number of carboxylic acids is 1. The molecule has 0 bridgehead atoms. The summed E-state index contributed by atoms with van der Waals surface area (Å²) in [4.78, 5) is 167. The van der Waals surface area contributed by atoms with Crippen LogP contribution in [0.3, 0.4) is 0 Å². The Labute approximate surface area is 561 Å². The molecule has 0 saturated heterocycles. The molecule has 0 spiro atoms. The third kappa shape index (κ3) is 27.2. The van der Waals surface area contributed by atoms with Gasteiger partial charge in [-0.05, 0) is 73.8 Å². The molecule has 1 rings (SSSR count). The van der Waals surface area contributed by atoms with E-state index in [1.54, 1.807) is 76.3 Å². The van der Waals surface area contributed by atoms with Crippen LogP contribution in [0.4, 0.5) is 11.4 Å². The van der Waals surface area contributed by atoms with E-state index >= 15 is 9.59 Å². The fourth-order valence-corrected chi connectivity index (χ4v) is 10.0. The van der Waals surface area contributed by atoms with Crippen molar-refractivity contribution < 1.29 is 83.1 Å². The quantitative estimate of drug-likeness (QED) is 0.0166. The summed E-state index contributed by atoms with van der Waals surface area (Å²) in [6.45, 7) is 19.0. The summed E-state index contributed by atoms with van der Waals surface area (Å²) in [7, 11) is 3.43. The normalized spacial score (nSPS) is 16.2. The van der Waals surface area contributed by atoms with Gasteiger partial charge in [0, 0.05) is 27.2 Å². The van der Waals surface area contributed by atoms with E-state index in [2.05, 4.69) is 37.2 Å². The zero-order valence-corrected chi connectivity index (χ0v) is 58.0. The number of nitrogens with zero attached hydrogens (tertiary/aromatic N) is 2. The average molecular weight is 1360 g/mol. The first-order valence-electron chi connectivity index (χ1n) is 31.7. The van der Waals surface area contributed by atoms with Gasteiger partial charge in [0.2, 0.25) is 59.1 Å². The number of amides is 10. The number of para-hydroxylation sites is 2. The lowest BCUT2D eigenvalue weighted by atomic mass is 9.75. The van der Waals surface area contributed by atoms with Crippen molar-refractivity contribution in [3.05, 3.63) is 24.3 Å². The number of hydrogen-bond donors (Lipinski definition) is 20. The van der Waals surface area contributed by atoms with E-state index in [0.717, 1.165) is 6.92 Å². The van der Waals surface area contributed by atoms with Crippen molar-refractivity contribution in [3.8, 4) is 0 Å². The molecule has 34 nitrogen and oxygen atoms in total. The third-order valence-corrected chi connectivity index (χ3v) is 15.6. The van der Waals surface area contributed by atoms with Crippen molar-refractivity contribution in [2.24, 2.45) is 56.7 Å². The predicted molar refractivity (Wildman–Crippen MR) is 356 cm³/mol. The average Bonchev–Trinajstić information content (AvgIpc) is 0.775. The molecular weight excluding hydrogens is 1250 g/mol. The number of anilines is 2. The van der Waals surface area contributed by atoms with Gasteiger partial charge in [0.05, 0.1) is 48.2 Å². The number of primary amides is 1. The topological polar surface area (TPSA) is 575 Å². The Balaban J connectivity index is 3.72. The molecule has 544 valence electrons. The highest BCUT2D eigenvalue weighted by molar-refractivity contribution is 6.08. The molecule has 1 aromatic rings. The number of aliphatic hydroxyl groups is 4. The van der Waals surface area contributed by atoms with Crippen LogP contribution in [0.5, 0.6) is 0 Å². The number of ketones is 1. The van der Waals surface area contributed by atoms with Crippen LogP contribution in [0, 0.1) is 33.5 Å². The van der Waals surface area contributed by atoms with Gasteiger partial charge in [0.25, 0.3) is 0 Å². The monoisotopic (exact) mass is 1360 g/mol. The second kappa shape index (κ2) is 38.6. The minimum absolute atomic E-state index is 0.00881. The smallest absolute Gasteiger partial charge is 0.328 e. The number of aliphatic hydroxyl groups excluding tert-OH is 4. The van der Waals surface area contributed by atoms with Gasteiger partial charge >= 0.3 is 5.97 Å². The van der Waals surface area contributed by atoms with E-state index in [1.807, 2.05) is 46.9 Å². The molecule has 0 fully saturated rings. The lowest BCUT2D eigenvalue weighted by Gasteiger charge is -2.41. The maximum Gasteiger partial charge on any atom is 0.328 e. The van der Waals surface area contributed by atoms with Gasteiger partial charge in [-0.2, -0.15) is 0 Å². The molecule has 0 radical (unpaired) electrons. The largest absolute Gasteiger partial charge is 0.480 e. The first-order chi connectivity index (χ1) is 44.2. The number of Topliss-reactive ketones (excluding diaryl/α,β-unsaturated/α-hetero) is 1. The molecule has 0 heterocycles. The van der Waals surface area contributed by atoms with Crippen LogP contribution < -0.4 is 86.3 Å². The summed E-state index contributed by atoms with van der Waals surface area (Å²) >= 11 is 0. The maximum absolute atomic E-state index is 15.3. The molecule has 14 atom stereocenters. The Morgan fingerprint density at radius 2 is 1.14 bits per heavy atom. The highest BCUT2D eigenvalue weighted by atomic mass is 16.4. The second-order valence-electron chi connectivity index (χ2n) is 27.6. The molecule has 0 aromatic heterocycles. The van der Waals surface area contributed by atoms with Crippen molar-refractivity contribution in [2.75, 3.05) is 50.1 Å². The highest BCUT2D eigenvalue weighted by Crippen LogP contribution is 2.35. The van der Waals surface area contributed by atoms with Gasteiger partial charge in [-0.1, -0.05) is 102 Å². The van der Waals surface area contributed by atoms with E-state index in [-0.39, 0.29) is 62.1 Å². The maximum atomic E-state index is 15.3. The molecule has 0 unspecified atom stereocenters. The predicted octanol–water partition coefficient (Wildman–Crippen LogP) is -4.93. The van der Waals surface area contributed by atoms with Crippen LogP contribution in [0.2, 0.25) is 0 Å². The summed E-state index contributed by atoms with van der Waals surface area (Å²) in [5, 5.41) is 80.5. The molecule has 0 aliphatic heterocycles. The number of carboxylic acid groups (broad SMARTS) is 1. The zero-order chi connectivity index (χ0) is 74.2. The highest BCUT2D eigenvalue weighted by Gasteiger charge is 2.49. The van der Waals surface area contributed by atoms with Gasteiger partial charge < -0.3 is 107 Å². The summed E-state index contributed by atoms with van der Waals surface area (Å²) in [6, 6.07) is -9.71. The molecule has 0 aliphatic carbocycles. The Hall–Kier alpha value is -8.15. The van der Waals surface area contributed by atoms with E-state index in [1.165, 1.54) is 18.7 Å². The zero-order valence-electron chi connectivity index (χ0n) is 58.0. The van der Waals surface area contributed by atoms with E-state index in [9.17, 15) is 73.5 Å². The van der Waals surface area contributed by atoms with Crippen LogP contribution in [0.25, 0.3) is 0 Å². The van der Waals surface area contributed by atoms with Gasteiger partial charge in [-0.25, -0.2) is 4.79 Å². The van der Waals surface area contributed by atoms with Crippen LogP contribution in [-0.4, -0.2) is 221 Å². The van der Waals surface area contributed by atoms with Crippen molar-refractivity contribution in [3.63, 3.8) is 0 Å². The lowest BCUT2D eigenvalue weighted by molar-refractivity contribution is -0.145. The van der Waals surface area contributed by atoms with Gasteiger partial charge in [0.1, 0.15) is 54.4 Å². The minimum atomic E-state index is -2.44.